The first-order chi connectivity index (χ1) is 8.29. The summed E-state index contributed by atoms with van der Waals surface area (Å²) in [6.45, 7) is 9.73. The summed E-state index contributed by atoms with van der Waals surface area (Å²) in [6, 6.07) is 0. The fourth-order valence-electron chi connectivity index (χ4n) is 2.43. The molecule has 17 heavy (non-hydrogen) atoms. The van der Waals surface area contributed by atoms with Crippen LogP contribution in [0.4, 0.5) is 0 Å². The number of hydrogen-bond donors (Lipinski definition) is 1. The molecule has 2 heterocycles. The lowest BCUT2D eigenvalue weighted by atomic mass is 9.97. The number of oxazole rings is 1. The number of piperidine rings is 1. The van der Waals surface area contributed by atoms with Gasteiger partial charge in [0.25, 0.3) is 0 Å². The molecule has 0 spiro atoms. The van der Waals surface area contributed by atoms with Crippen LogP contribution in [0.2, 0.25) is 0 Å². The van der Waals surface area contributed by atoms with Crippen molar-refractivity contribution in [3.05, 3.63) is 17.8 Å². The predicted octanol–water partition coefficient (Wildman–Crippen LogP) is 1.80. The molecule has 4 nitrogen and oxygen atoms in total. The highest BCUT2D eigenvalue weighted by Gasteiger charge is 2.17. The summed E-state index contributed by atoms with van der Waals surface area (Å²) in [5, 5.41) is 3.41. The van der Waals surface area contributed by atoms with Gasteiger partial charge in [0.2, 0.25) is 0 Å². The average Bonchev–Trinajstić information content (AvgIpc) is 2.75. The van der Waals surface area contributed by atoms with Gasteiger partial charge in [-0.2, -0.15) is 0 Å². The molecule has 4 heteroatoms. The molecule has 0 amide bonds. The Bertz CT molecular complexity index is 331. The highest BCUT2D eigenvalue weighted by atomic mass is 16.3. The van der Waals surface area contributed by atoms with E-state index in [0.29, 0.717) is 0 Å². The molecule has 1 N–H and O–H groups in total. The topological polar surface area (TPSA) is 41.3 Å². The van der Waals surface area contributed by atoms with E-state index in [2.05, 4.69) is 22.1 Å². The van der Waals surface area contributed by atoms with Crippen LogP contribution in [-0.4, -0.2) is 36.1 Å². The standard InChI is InChI=1S/C13H23N3O/c1-3-16(8-12-4-6-14-7-5-12)9-13-11(2)17-10-15-13/h10,12,14H,3-9H2,1-2H3. The van der Waals surface area contributed by atoms with E-state index < -0.39 is 0 Å². The van der Waals surface area contributed by atoms with Crippen molar-refractivity contribution in [1.29, 1.82) is 0 Å². The largest absolute Gasteiger partial charge is 0.448 e. The smallest absolute Gasteiger partial charge is 0.181 e. The Morgan fingerprint density at radius 2 is 2.24 bits per heavy atom. The summed E-state index contributed by atoms with van der Waals surface area (Å²) in [6.07, 6.45) is 4.14. The van der Waals surface area contributed by atoms with E-state index in [9.17, 15) is 0 Å². The zero-order chi connectivity index (χ0) is 12.1. The minimum absolute atomic E-state index is 0.836. The molecule has 0 atom stereocenters. The first kappa shape index (κ1) is 12.6. The van der Waals surface area contributed by atoms with Gasteiger partial charge in [0.1, 0.15) is 5.76 Å². The Morgan fingerprint density at radius 3 is 2.82 bits per heavy atom. The van der Waals surface area contributed by atoms with Crippen molar-refractivity contribution in [2.45, 2.75) is 33.2 Å². The van der Waals surface area contributed by atoms with Gasteiger partial charge in [0, 0.05) is 13.1 Å². The van der Waals surface area contributed by atoms with Crippen LogP contribution < -0.4 is 5.32 Å². The van der Waals surface area contributed by atoms with Crippen molar-refractivity contribution in [1.82, 2.24) is 15.2 Å². The Balaban J connectivity index is 1.85. The molecule has 0 saturated carbocycles. The second-order valence-corrected chi connectivity index (χ2v) is 4.88. The Morgan fingerprint density at radius 1 is 1.47 bits per heavy atom. The van der Waals surface area contributed by atoms with Crippen molar-refractivity contribution in [3.8, 4) is 0 Å². The maximum Gasteiger partial charge on any atom is 0.181 e. The minimum Gasteiger partial charge on any atom is -0.448 e. The molecule has 0 aliphatic carbocycles. The number of nitrogens with one attached hydrogen (secondary N) is 1. The zero-order valence-corrected chi connectivity index (χ0v) is 10.9. The van der Waals surface area contributed by atoms with Gasteiger partial charge in [0.15, 0.2) is 6.39 Å². The van der Waals surface area contributed by atoms with Gasteiger partial charge in [0.05, 0.1) is 5.69 Å². The molecule has 0 unspecified atom stereocenters. The third kappa shape index (κ3) is 3.54. The van der Waals surface area contributed by atoms with Crippen molar-refractivity contribution in [2.75, 3.05) is 26.2 Å². The third-order valence-corrected chi connectivity index (χ3v) is 3.64. The van der Waals surface area contributed by atoms with Crippen LogP contribution in [0, 0.1) is 12.8 Å². The van der Waals surface area contributed by atoms with Gasteiger partial charge in [-0.25, -0.2) is 4.98 Å². The third-order valence-electron chi connectivity index (χ3n) is 3.64. The average molecular weight is 237 g/mol. The highest BCUT2D eigenvalue weighted by Crippen LogP contribution is 2.15. The van der Waals surface area contributed by atoms with Gasteiger partial charge in [-0.05, 0) is 45.3 Å². The van der Waals surface area contributed by atoms with E-state index in [4.69, 9.17) is 4.42 Å². The van der Waals surface area contributed by atoms with E-state index in [0.717, 1.165) is 30.5 Å². The molecule has 0 aromatic carbocycles. The van der Waals surface area contributed by atoms with Gasteiger partial charge in [-0.15, -0.1) is 0 Å². The summed E-state index contributed by atoms with van der Waals surface area (Å²) in [5.74, 6) is 1.79. The zero-order valence-electron chi connectivity index (χ0n) is 10.9. The van der Waals surface area contributed by atoms with Gasteiger partial charge in [-0.3, -0.25) is 4.90 Å². The molecule has 1 fully saturated rings. The normalized spacial score (nSPS) is 17.8. The van der Waals surface area contributed by atoms with E-state index >= 15 is 0 Å². The quantitative estimate of drug-likeness (QED) is 0.848. The lowest BCUT2D eigenvalue weighted by Crippen LogP contribution is -2.36. The second kappa shape index (κ2) is 6.17. The molecule has 0 bridgehead atoms. The minimum atomic E-state index is 0.836. The van der Waals surface area contributed by atoms with Gasteiger partial charge < -0.3 is 9.73 Å². The van der Waals surface area contributed by atoms with Crippen LogP contribution in [-0.2, 0) is 6.54 Å². The van der Waals surface area contributed by atoms with Crippen molar-refractivity contribution in [3.63, 3.8) is 0 Å². The van der Waals surface area contributed by atoms with E-state index in [1.54, 1.807) is 6.39 Å². The van der Waals surface area contributed by atoms with Crippen molar-refractivity contribution < 1.29 is 4.42 Å². The van der Waals surface area contributed by atoms with Gasteiger partial charge in [-0.1, -0.05) is 6.92 Å². The predicted molar refractivity (Wildman–Crippen MR) is 67.8 cm³/mol. The molecule has 2 rings (SSSR count). The molecule has 1 aromatic rings. The fraction of sp³-hybridized carbons (Fsp3) is 0.769. The van der Waals surface area contributed by atoms with E-state index in [-0.39, 0.29) is 0 Å². The molecule has 0 radical (unpaired) electrons. The number of nitrogens with zero attached hydrogens (tertiary/aromatic N) is 2. The fourth-order valence-corrected chi connectivity index (χ4v) is 2.43. The van der Waals surface area contributed by atoms with Crippen LogP contribution in [0.3, 0.4) is 0 Å². The molecule has 1 aromatic heterocycles. The Labute approximate surface area is 103 Å². The maximum atomic E-state index is 5.25. The molecule has 1 aliphatic rings. The van der Waals surface area contributed by atoms with Crippen molar-refractivity contribution >= 4 is 0 Å². The molecular formula is C13H23N3O. The van der Waals surface area contributed by atoms with E-state index in [1.807, 2.05) is 6.92 Å². The van der Waals surface area contributed by atoms with Crippen LogP contribution in [0.5, 0.6) is 0 Å². The molecule has 96 valence electrons. The van der Waals surface area contributed by atoms with Crippen LogP contribution in [0.25, 0.3) is 0 Å². The molecule has 1 saturated heterocycles. The summed E-state index contributed by atoms with van der Waals surface area (Å²) in [7, 11) is 0. The summed E-state index contributed by atoms with van der Waals surface area (Å²) in [5.41, 5.74) is 1.08. The number of rotatable bonds is 5. The second-order valence-electron chi connectivity index (χ2n) is 4.88. The first-order valence-electron chi connectivity index (χ1n) is 6.61. The summed E-state index contributed by atoms with van der Waals surface area (Å²) >= 11 is 0. The van der Waals surface area contributed by atoms with E-state index in [1.165, 1.54) is 32.5 Å². The SMILES string of the molecule is CCN(Cc1ncoc1C)CC1CCNCC1. The number of aromatic nitrogens is 1. The number of aryl methyl sites for hydroxylation is 1. The first-order valence-corrected chi connectivity index (χ1v) is 6.61. The highest BCUT2D eigenvalue weighted by molar-refractivity contribution is 5.04. The van der Waals surface area contributed by atoms with Crippen LogP contribution in [0.15, 0.2) is 10.8 Å². The summed E-state index contributed by atoms with van der Waals surface area (Å²) in [4.78, 5) is 6.75. The molecular weight excluding hydrogens is 214 g/mol. The lowest BCUT2D eigenvalue weighted by Gasteiger charge is -2.28. The monoisotopic (exact) mass is 237 g/mol. The van der Waals surface area contributed by atoms with Crippen molar-refractivity contribution in [2.24, 2.45) is 5.92 Å². The Hall–Kier alpha value is -0.870. The van der Waals surface area contributed by atoms with Crippen LogP contribution >= 0.6 is 0 Å². The Kier molecular flexibility index (Phi) is 4.57. The lowest BCUT2D eigenvalue weighted by molar-refractivity contribution is 0.204. The van der Waals surface area contributed by atoms with Crippen LogP contribution in [0.1, 0.15) is 31.2 Å². The summed E-state index contributed by atoms with van der Waals surface area (Å²) < 4.78 is 5.25. The molecule has 1 aliphatic heterocycles. The van der Waals surface area contributed by atoms with Gasteiger partial charge >= 0.3 is 0 Å². The number of hydrogen-bond acceptors (Lipinski definition) is 4. The maximum absolute atomic E-state index is 5.25.